The van der Waals surface area contributed by atoms with Crippen LogP contribution in [0, 0.1) is 11.6 Å². The molecule has 2 amide bonds. The number of likely N-dealkylation sites (tertiary alicyclic amines) is 1. The number of hydrogen-bond acceptors (Lipinski definition) is 4. The molecule has 3 rings (SSSR count). The molecule has 2 aliphatic heterocycles. The molecule has 7 nitrogen and oxygen atoms in total. The topological polar surface area (TPSA) is 78.0 Å². The van der Waals surface area contributed by atoms with Crippen molar-refractivity contribution in [2.24, 2.45) is 0 Å². The Morgan fingerprint density at radius 2 is 1.77 bits per heavy atom. The first-order valence-electron chi connectivity index (χ1n) is 8.30. The van der Waals surface area contributed by atoms with Crippen molar-refractivity contribution in [3.8, 4) is 0 Å². The van der Waals surface area contributed by atoms with E-state index in [1.54, 1.807) is 0 Å². The Labute approximate surface area is 150 Å². The highest BCUT2D eigenvalue weighted by molar-refractivity contribution is 7.89. The van der Waals surface area contributed by atoms with Crippen molar-refractivity contribution in [2.75, 3.05) is 39.3 Å². The minimum atomic E-state index is -4.10. The van der Waals surface area contributed by atoms with E-state index >= 15 is 0 Å². The average Bonchev–Trinajstić information content (AvgIpc) is 2.99. The maximum atomic E-state index is 13.8. The molecule has 0 unspecified atom stereocenters. The number of nitrogens with zero attached hydrogens (tertiary/aromatic N) is 3. The summed E-state index contributed by atoms with van der Waals surface area (Å²) >= 11 is 0. The summed E-state index contributed by atoms with van der Waals surface area (Å²) < 4.78 is 52.9. The van der Waals surface area contributed by atoms with Crippen molar-refractivity contribution >= 4 is 21.8 Å². The smallest absolute Gasteiger partial charge is 0.246 e. The number of carbonyl (C=O) groups excluding carboxylic acids is 2. The van der Waals surface area contributed by atoms with E-state index in [9.17, 15) is 26.8 Å². The van der Waals surface area contributed by atoms with Crippen molar-refractivity contribution < 1.29 is 26.8 Å². The lowest BCUT2D eigenvalue weighted by Gasteiger charge is -2.34. The van der Waals surface area contributed by atoms with Crippen LogP contribution >= 0.6 is 0 Å². The fraction of sp³-hybridized carbons (Fsp3) is 0.500. The predicted octanol–water partition coefficient (Wildman–Crippen LogP) is 0.420. The van der Waals surface area contributed by atoms with Crippen molar-refractivity contribution in [2.45, 2.75) is 17.7 Å². The van der Waals surface area contributed by atoms with Gasteiger partial charge in [0.2, 0.25) is 21.8 Å². The summed E-state index contributed by atoms with van der Waals surface area (Å²) in [6.45, 7) is 0.893. The highest BCUT2D eigenvalue weighted by atomic mass is 32.2. The molecule has 2 aliphatic rings. The number of sulfonamides is 1. The minimum absolute atomic E-state index is 0.00181. The van der Waals surface area contributed by atoms with Gasteiger partial charge in [0.1, 0.15) is 16.5 Å². The van der Waals surface area contributed by atoms with Crippen molar-refractivity contribution in [1.29, 1.82) is 0 Å². The molecule has 2 saturated heterocycles. The van der Waals surface area contributed by atoms with Crippen LogP contribution in [0.5, 0.6) is 0 Å². The lowest BCUT2D eigenvalue weighted by Crippen LogP contribution is -2.52. The van der Waals surface area contributed by atoms with E-state index in [4.69, 9.17) is 0 Å². The molecule has 10 heteroatoms. The van der Waals surface area contributed by atoms with Crippen LogP contribution in [0.1, 0.15) is 12.8 Å². The Hall–Kier alpha value is -2.07. The lowest BCUT2D eigenvalue weighted by molar-refractivity contribution is -0.139. The maximum absolute atomic E-state index is 13.8. The summed E-state index contributed by atoms with van der Waals surface area (Å²) in [4.78, 5) is 26.3. The van der Waals surface area contributed by atoms with Crippen molar-refractivity contribution in [3.05, 3.63) is 29.8 Å². The monoisotopic (exact) mass is 387 g/mol. The molecule has 0 aliphatic carbocycles. The largest absolute Gasteiger partial charge is 0.339 e. The fourth-order valence-corrected chi connectivity index (χ4v) is 4.60. The van der Waals surface area contributed by atoms with Gasteiger partial charge in [-0.05, 0) is 18.6 Å². The Bertz CT molecular complexity index is 823. The van der Waals surface area contributed by atoms with Gasteiger partial charge in [0, 0.05) is 45.2 Å². The summed E-state index contributed by atoms with van der Waals surface area (Å²) in [7, 11) is -4.10. The van der Waals surface area contributed by atoms with Gasteiger partial charge in [-0.2, -0.15) is 4.31 Å². The van der Waals surface area contributed by atoms with E-state index in [0.717, 1.165) is 22.9 Å². The zero-order valence-corrected chi connectivity index (χ0v) is 14.8. The number of benzene rings is 1. The second kappa shape index (κ2) is 7.28. The second-order valence-corrected chi connectivity index (χ2v) is 8.18. The first-order valence-corrected chi connectivity index (χ1v) is 9.74. The van der Waals surface area contributed by atoms with Gasteiger partial charge in [-0.3, -0.25) is 9.59 Å². The molecule has 0 spiro atoms. The number of rotatable bonds is 4. The van der Waals surface area contributed by atoms with E-state index in [1.165, 1.54) is 9.80 Å². The zero-order valence-electron chi connectivity index (χ0n) is 14.0. The van der Waals surface area contributed by atoms with Gasteiger partial charge >= 0.3 is 0 Å². The Morgan fingerprint density at radius 1 is 1.08 bits per heavy atom. The molecular formula is C16H19F2N3O4S. The van der Waals surface area contributed by atoms with Gasteiger partial charge in [-0.25, -0.2) is 17.2 Å². The number of piperazine rings is 1. The zero-order chi connectivity index (χ0) is 18.9. The molecule has 1 aromatic carbocycles. The van der Waals surface area contributed by atoms with Gasteiger partial charge < -0.3 is 9.80 Å². The molecular weight excluding hydrogens is 368 g/mol. The average molecular weight is 387 g/mol. The quantitative estimate of drug-likeness (QED) is 0.750. The molecule has 0 N–H and O–H groups in total. The number of hydrogen-bond donors (Lipinski definition) is 0. The summed E-state index contributed by atoms with van der Waals surface area (Å²) in [6, 6.07) is 2.32. The summed E-state index contributed by atoms with van der Waals surface area (Å²) in [5.74, 6) is -2.28. The van der Waals surface area contributed by atoms with Gasteiger partial charge in [0.15, 0.2) is 0 Å². The minimum Gasteiger partial charge on any atom is -0.339 e. The van der Waals surface area contributed by atoms with Gasteiger partial charge in [0.25, 0.3) is 0 Å². The molecule has 0 bridgehead atoms. The van der Waals surface area contributed by atoms with E-state index < -0.39 is 26.6 Å². The molecule has 142 valence electrons. The van der Waals surface area contributed by atoms with Crippen LogP contribution < -0.4 is 0 Å². The third-order valence-electron chi connectivity index (χ3n) is 4.60. The molecule has 0 atom stereocenters. The first kappa shape index (κ1) is 18.7. The molecule has 1 aromatic rings. The molecule has 0 aromatic heterocycles. The third-order valence-corrected chi connectivity index (χ3v) is 6.53. The second-order valence-electron chi connectivity index (χ2n) is 6.28. The number of halogens is 2. The maximum Gasteiger partial charge on any atom is 0.246 e. The van der Waals surface area contributed by atoms with Crippen LogP contribution in [0.15, 0.2) is 23.1 Å². The van der Waals surface area contributed by atoms with Gasteiger partial charge in [-0.15, -0.1) is 0 Å². The van der Waals surface area contributed by atoms with E-state index in [1.807, 2.05) is 0 Å². The fourth-order valence-electron chi connectivity index (χ4n) is 3.14. The highest BCUT2D eigenvalue weighted by Crippen LogP contribution is 2.21. The van der Waals surface area contributed by atoms with Gasteiger partial charge in [-0.1, -0.05) is 0 Å². The van der Waals surface area contributed by atoms with Crippen LogP contribution in [0.3, 0.4) is 0 Å². The molecule has 0 radical (unpaired) electrons. The van der Waals surface area contributed by atoms with Crippen LogP contribution in [0.4, 0.5) is 8.78 Å². The summed E-state index contributed by atoms with van der Waals surface area (Å²) in [5, 5.41) is 0. The van der Waals surface area contributed by atoms with E-state index in [-0.39, 0.29) is 44.5 Å². The van der Waals surface area contributed by atoms with E-state index in [0.29, 0.717) is 19.0 Å². The highest BCUT2D eigenvalue weighted by Gasteiger charge is 2.33. The van der Waals surface area contributed by atoms with Crippen molar-refractivity contribution in [1.82, 2.24) is 14.1 Å². The standard InChI is InChI=1S/C16H19F2N3O4S/c17-12-3-4-14(13(18)10-12)26(24,25)21-8-6-19(7-9-21)16(23)11-20-5-1-2-15(20)22/h3-4,10H,1-2,5-9,11H2. The number of amides is 2. The first-order chi connectivity index (χ1) is 12.3. The lowest BCUT2D eigenvalue weighted by atomic mass is 10.3. The van der Waals surface area contributed by atoms with Crippen LogP contribution in [-0.4, -0.2) is 73.6 Å². The Morgan fingerprint density at radius 3 is 2.35 bits per heavy atom. The van der Waals surface area contributed by atoms with Crippen LogP contribution in [0.25, 0.3) is 0 Å². The van der Waals surface area contributed by atoms with Crippen molar-refractivity contribution in [3.63, 3.8) is 0 Å². The normalized spacial score (nSPS) is 19.2. The Kier molecular flexibility index (Phi) is 5.24. The molecule has 0 saturated carbocycles. The van der Waals surface area contributed by atoms with Crippen LogP contribution in [-0.2, 0) is 19.6 Å². The SMILES string of the molecule is O=C(CN1CCCC1=O)N1CCN(S(=O)(=O)c2ccc(F)cc2F)CC1. The van der Waals surface area contributed by atoms with Crippen LogP contribution in [0.2, 0.25) is 0 Å². The third kappa shape index (κ3) is 3.70. The molecule has 26 heavy (non-hydrogen) atoms. The van der Waals surface area contributed by atoms with E-state index in [2.05, 4.69) is 0 Å². The summed E-state index contributed by atoms with van der Waals surface area (Å²) in [5.41, 5.74) is 0. The number of carbonyl (C=O) groups is 2. The Balaban J connectivity index is 1.62. The summed E-state index contributed by atoms with van der Waals surface area (Å²) in [6.07, 6.45) is 1.18. The molecule has 2 fully saturated rings. The predicted molar refractivity (Wildman–Crippen MR) is 87.5 cm³/mol. The molecule has 2 heterocycles. The van der Waals surface area contributed by atoms with Gasteiger partial charge in [0.05, 0.1) is 6.54 Å².